The molecule has 0 aliphatic heterocycles. The van der Waals surface area contributed by atoms with Gasteiger partial charge in [0.1, 0.15) is 11.9 Å². The molecule has 21 heavy (non-hydrogen) atoms. The summed E-state index contributed by atoms with van der Waals surface area (Å²) in [5.41, 5.74) is 8.23. The van der Waals surface area contributed by atoms with Gasteiger partial charge >= 0.3 is 0 Å². The quantitative estimate of drug-likeness (QED) is 0.794. The Morgan fingerprint density at radius 1 is 1.24 bits per heavy atom. The van der Waals surface area contributed by atoms with Crippen LogP contribution in [0.15, 0.2) is 46.9 Å². The molecule has 2 atom stereocenters. The van der Waals surface area contributed by atoms with Crippen LogP contribution in [0.3, 0.4) is 0 Å². The van der Waals surface area contributed by atoms with E-state index in [1.165, 1.54) is 0 Å². The first kappa shape index (κ1) is 16.3. The van der Waals surface area contributed by atoms with Gasteiger partial charge in [0.15, 0.2) is 0 Å². The minimum atomic E-state index is -0.216. The molecule has 2 N–H and O–H groups in total. The molecule has 0 radical (unpaired) electrons. The summed E-state index contributed by atoms with van der Waals surface area (Å²) in [4.78, 5) is 0. The molecule has 0 amide bonds. The highest BCUT2D eigenvalue weighted by molar-refractivity contribution is 9.10. The Bertz CT molecular complexity index is 615. The maximum atomic E-state index is 6.15. The molecule has 2 nitrogen and oxygen atoms in total. The maximum absolute atomic E-state index is 6.15. The van der Waals surface area contributed by atoms with Gasteiger partial charge in [-0.25, -0.2) is 0 Å². The van der Waals surface area contributed by atoms with Crippen molar-refractivity contribution in [3.8, 4) is 5.75 Å². The molecule has 0 spiro atoms. The molecule has 0 saturated carbocycles. The zero-order valence-electron chi connectivity index (χ0n) is 12.1. The van der Waals surface area contributed by atoms with E-state index in [9.17, 15) is 0 Å². The van der Waals surface area contributed by atoms with Crippen molar-refractivity contribution < 1.29 is 4.74 Å². The van der Waals surface area contributed by atoms with Gasteiger partial charge in [-0.1, -0.05) is 52.7 Å². The van der Waals surface area contributed by atoms with Crippen molar-refractivity contribution in [3.63, 3.8) is 0 Å². The largest absolute Gasteiger partial charge is 0.484 e. The summed E-state index contributed by atoms with van der Waals surface area (Å²) >= 11 is 9.71. The van der Waals surface area contributed by atoms with Gasteiger partial charge in [-0.2, -0.15) is 0 Å². The van der Waals surface area contributed by atoms with Crippen molar-refractivity contribution in [3.05, 3.63) is 63.1 Å². The lowest BCUT2D eigenvalue weighted by atomic mass is 10.0. The zero-order chi connectivity index (χ0) is 15.4. The summed E-state index contributed by atoms with van der Waals surface area (Å²) in [5, 5.41) is 0.767. The SMILES string of the molecule is CCc1cc(OC(c2ccccc2Br)C(C)N)ccc1Cl. The van der Waals surface area contributed by atoms with Crippen LogP contribution >= 0.6 is 27.5 Å². The highest BCUT2D eigenvalue weighted by Crippen LogP contribution is 2.31. The molecule has 0 aliphatic carbocycles. The highest BCUT2D eigenvalue weighted by atomic mass is 79.9. The number of hydrogen-bond donors (Lipinski definition) is 1. The third kappa shape index (κ3) is 4.00. The summed E-state index contributed by atoms with van der Waals surface area (Å²) in [7, 11) is 0. The van der Waals surface area contributed by atoms with Gasteiger partial charge in [-0.15, -0.1) is 0 Å². The van der Waals surface area contributed by atoms with E-state index in [1.807, 2.05) is 49.4 Å². The first-order valence-corrected chi connectivity index (χ1v) is 8.15. The third-order valence-electron chi connectivity index (χ3n) is 3.35. The van der Waals surface area contributed by atoms with Crippen LogP contribution in [-0.2, 0) is 6.42 Å². The molecule has 0 saturated heterocycles. The molecule has 0 fully saturated rings. The topological polar surface area (TPSA) is 35.2 Å². The minimum Gasteiger partial charge on any atom is -0.484 e. The molecule has 2 aromatic rings. The second-order valence-corrected chi connectivity index (χ2v) is 6.29. The molecule has 112 valence electrons. The summed E-state index contributed by atoms with van der Waals surface area (Å²) < 4.78 is 7.12. The standard InChI is InChI=1S/C17H19BrClNO/c1-3-12-10-13(8-9-16(12)19)21-17(11(2)20)14-6-4-5-7-15(14)18/h4-11,17H,3,20H2,1-2H3. The molecule has 0 bridgehead atoms. The molecule has 2 rings (SSSR count). The van der Waals surface area contributed by atoms with Crippen LogP contribution in [0.25, 0.3) is 0 Å². The van der Waals surface area contributed by atoms with E-state index < -0.39 is 0 Å². The smallest absolute Gasteiger partial charge is 0.140 e. The predicted octanol–water partition coefficient (Wildman–Crippen LogP) is 5.13. The summed E-state index contributed by atoms with van der Waals surface area (Å²) in [6.45, 7) is 4.02. The number of hydrogen-bond acceptors (Lipinski definition) is 2. The molecule has 0 heterocycles. The number of halogens is 2. The van der Waals surface area contributed by atoms with E-state index in [2.05, 4.69) is 22.9 Å². The van der Waals surface area contributed by atoms with Gasteiger partial charge in [0, 0.05) is 21.1 Å². The van der Waals surface area contributed by atoms with Crippen LogP contribution < -0.4 is 10.5 Å². The van der Waals surface area contributed by atoms with Crippen molar-refractivity contribution >= 4 is 27.5 Å². The van der Waals surface area contributed by atoms with Gasteiger partial charge in [0.25, 0.3) is 0 Å². The number of nitrogens with two attached hydrogens (primary N) is 1. The van der Waals surface area contributed by atoms with Crippen LogP contribution in [0.4, 0.5) is 0 Å². The van der Waals surface area contributed by atoms with Gasteiger partial charge in [-0.05, 0) is 43.2 Å². The van der Waals surface area contributed by atoms with Crippen LogP contribution in [-0.4, -0.2) is 6.04 Å². The Morgan fingerprint density at radius 3 is 2.57 bits per heavy atom. The second-order valence-electron chi connectivity index (χ2n) is 5.03. The van der Waals surface area contributed by atoms with E-state index in [1.54, 1.807) is 0 Å². The third-order valence-corrected chi connectivity index (χ3v) is 4.44. The van der Waals surface area contributed by atoms with E-state index in [4.69, 9.17) is 22.1 Å². The lowest BCUT2D eigenvalue weighted by molar-refractivity contribution is 0.179. The fourth-order valence-electron chi connectivity index (χ4n) is 2.20. The summed E-state index contributed by atoms with van der Waals surface area (Å²) in [5.74, 6) is 0.786. The lowest BCUT2D eigenvalue weighted by Gasteiger charge is -2.24. The zero-order valence-corrected chi connectivity index (χ0v) is 14.5. The highest BCUT2D eigenvalue weighted by Gasteiger charge is 2.20. The predicted molar refractivity (Wildman–Crippen MR) is 92.0 cm³/mol. The first-order chi connectivity index (χ1) is 10.0. The normalized spacial score (nSPS) is 13.8. The van der Waals surface area contributed by atoms with E-state index in [-0.39, 0.29) is 12.1 Å². The summed E-state index contributed by atoms with van der Waals surface area (Å²) in [6.07, 6.45) is 0.653. The molecule has 0 aliphatic rings. The van der Waals surface area contributed by atoms with Crippen LogP contribution in [0.5, 0.6) is 5.75 Å². The van der Waals surface area contributed by atoms with Crippen LogP contribution in [0.1, 0.15) is 31.1 Å². The average molecular weight is 369 g/mol. The summed E-state index contributed by atoms with van der Waals surface area (Å²) in [6, 6.07) is 13.6. The number of rotatable bonds is 5. The first-order valence-electron chi connectivity index (χ1n) is 6.98. The maximum Gasteiger partial charge on any atom is 0.140 e. The van der Waals surface area contributed by atoms with E-state index in [0.717, 1.165) is 32.8 Å². The van der Waals surface area contributed by atoms with Gasteiger partial charge in [-0.3, -0.25) is 0 Å². The monoisotopic (exact) mass is 367 g/mol. The number of ether oxygens (including phenoxy) is 1. The van der Waals surface area contributed by atoms with E-state index in [0.29, 0.717) is 0 Å². The van der Waals surface area contributed by atoms with Gasteiger partial charge < -0.3 is 10.5 Å². The lowest BCUT2D eigenvalue weighted by Crippen LogP contribution is -2.29. The van der Waals surface area contributed by atoms with Crippen molar-refractivity contribution in [1.29, 1.82) is 0 Å². The Morgan fingerprint density at radius 2 is 1.95 bits per heavy atom. The number of benzene rings is 2. The van der Waals surface area contributed by atoms with Crippen molar-refractivity contribution in [2.75, 3.05) is 0 Å². The molecule has 2 aromatic carbocycles. The number of aryl methyl sites for hydroxylation is 1. The molecule has 2 unspecified atom stereocenters. The Kier molecular flexibility index (Phi) is 5.68. The van der Waals surface area contributed by atoms with Crippen molar-refractivity contribution in [2.24, 2.45) is 5.73 Å². The Labute approximate surface area is 139 Å². The van der Waals surface area contributed by atoms with Crippen LogP contribution in [0, 0.1) is 0 Å². The van der Waals surface area contributed by atoms with E-state index >= 15 is 0 Å². The molecule has 0 aromatic heterocycles. The average Bonchev–Trinajstić information content (AvgIpc) is 2.47. The molecule has 4 heteroatoms. The van der Waals surface area contributed by atoms with Crippen molar-refractivity contribution in [1.82, 2.24) is 0 Å². The fraction of sp³-hybridized carbons (Fsp3) is 0.294. The second kappa shape index (κ2) is 7.30. The fourth-order valence-corrected chi connectivity index (χ4v) is 2.96. The minimum absolute atomic E-state index is 0.135. The molecular formula is C17H19BrClNO. The molecular weight excluding hydrogens is 350 g/mol. The van der Waals surface area contributed by atoms with Gasteiger partial charge in [0.05, 0.1) is 0 Å². The van der Waals surface area contributed by atoms with Gasteiger partial charge in [0.2, 0.25) is 0 Å². The Balaban J connectivity index is 2.31. The Hall–Kier alpha value is -1.03. The van der Waals surface area contributed by atoms with Crippen LogP contribution in [0.2, 0.25) is 5.02 Å². The van der Waals surface area contributed by atoms with Crippen molar-refractivity contribution in [2.45, 2.75) is 32.4 Å².